The van der Waals surface area contributed by atoms with Gasteiger partial charge in [0.1, 0.15) is 0 Å². The Morgan fingerprint density at radius 3 is 2.56 bits per heavy atom. The summed E-state index contributed by atoms with van der Waals surface area (Å²) in [6.07, 6.45) is 5.97. The number of aryl methyl sites for hydroxylation is 2. The number of thiophene rings is 1. The summed E-state index contributed by atoms with van der Waals surface area (Å²) < 4.78 is 0. The number of carbonyl (C=O) groups excluding carboxylic acids is 1. The number of piperazine rings is 1. The number of rotatable bonds is 4. The number of hydrogen-bond acceptors (Lipinski definition) is 3. The van der Waals surface area contributed by atoms with Crippen LogP contribution >= 0.6 is 11.3 Å². The maximum Gasteiger partial charge on any atom is 0.253 e. The molecule has 0 radical (unpaired) electrons. The normalized spacial score (nSPS) is 18.2. The van der Waals surface area contributed by atoms with Gasteiger partial charge >= 0.3 is 0 Å². The Morgan fingerprint density at radius 1 is 1.00 bits per heavy atom. The number of carbonyl (C=O) groups is 1. The highest BCUT2D eigenvalue weighted by Gasteiger charge is 2.23. The van der Waals surface area contributed by atoms with Crippen molar-refractivity contribution in [1.82, 2.24) is 9.80 Å². The third-order valence-corrected chi connectivity index (χ3v) is 6.45. The first-order chi connectivity index (χ1) is 12.3. The minimum Gasteiger partial charge on any atom is -0.336 e. The SMILES string of the molecule is O=C(c1ccc2c(c1)CCCC2)N1CCN(CCc2cccs2)CC1. The molecule has 0 saturated carbocycles. The van der Waals surface area contributed by atoms with Gasteiger partial charge in [-0.15, -0.1) is 11.3 Å². The Labute approximate surface area is 154 Å². The molecule has 2 heterocycles. The van der Waals surface area contributed by atoms with E-state index < -0.39 is 0 Å². The Bertz CT molecular complexity index is 718. The summed E-state index contributed by atoms with van der Waals surface area (Å²) in [5.41, 5.74) is 3.72. The molecular weight excluding hydrogens is 328 g/mol. The average molecular weight is 355 g/mol. The van der Waals surface area contributed by atoms with Crippen LogP contribution in [0.1, 0.15) is 39.2 Å². The third-order valence-electron chi connectivity index (χ3n) is 5.51. The van der Waals surface area contributed by atoms with Gasteiger partial charge in [0, 0.05) is 43.2 Å². The lowest BCUT2D eigenvalue weighted by Gasteiger charge is -2.35. The van der Waals surface area contributed by atoms with E-state index in [1.807, 2.05) is 22.3 Å². The summed E-state index contributed by atoms with van der Waals surface area (Å²) >= 11 is 1.83. The first-order valence-corrected chi connectivity index (χ1v) is 10.3. The van der Waals surface area contributed by atoms with Gasteiger partial charge in [0.25, 0.3) is 5.91 Å². The van der Waals surface area contributed by atoms with Gasteiger partial charge < -0.3 is 4.90 Å². The molecule has 132 valence electrons. The highest BCUT2D eigenvalue weighted by Crippen LogP contribution is 2.23. The first-order valence-electron chi connectivity index (χ1n) is 9.45. The number of fused-ring (bicyclic) bond motifs is 1. The molecule has 1 saturated heterocycles. The molecule has 0 spiro atoms. The molecule has 0 atom stereocenters. The minimum absolute atomic E-state index is 0.214. The summed E-state index contributed by atoms with van der Waals surface area (Å²) in [5, 5.41) is 2.14. The number of amides is 1. The third kappa shape index (κ3) is 3.96. The molecule has 1 fully saturated rings. The fraction of sp³-hybridized carbons (Fsp3) is 0.476. The van der Waals surface area contributed by atoms with Crippen LogP contribution in [0.2, 0.25) is 0 Å². The molecule has 1 aliphatic heterocycles. The molecule has 0 unspecified atom stereocenters. The smallest absolute Gasteiger partial charge is 0.253 e. The molecule has 2 aromatic rings. The molecule has 25 heavy (non-hydrogen) atoms. The summed E-state index contributed by atoms with van der Waals surface area (Å²) in [6.45, 7) is 4.77. The average Bonchev–Trinajstić information content (AvgIpc) is 3.19. The van der Waals surface area contributed by atoms with E-state index in [-0.39, 0.29) is 5.91 Å². The monoisotopic (exact) mass is 354 g/mol. The maximum absolute atomic E-state index is 12.8. The molecule has 0 bridgehead atoms. The molecule has 0 N–H and O–H groups in total. The molecule has 4 heteroatoms. The summed E-state index contributed by atoms with van der Waals surface area (Å²) in [6, 6.07) is 10.7. The molecule has 1 amide bonds. The topological polar surface area (TPSA) is 23.6 Å². The van der Waals surface area contributed by atoms with Crippen LogP contribution in [0.15, 0.2) is 35.7 Å². The Balaban J connectivity index is 1.32. The van der Waals surface area contributed by atoms with E-state index in [2.05, 4.69) is 34.5 Å². The molecule has 2 aliphatic rings. The first kappa shape index (κ1) is 16.8. The number of hydrogen-bond donors (Lipinski definition) is 0. The standard InChI is InChI=1S/C21H26N2OS/c24-21(19-8-7-17-4-1-2-5-18(17)16-19)23-13-11-22(12-14-23)10-9-20-6-3-15-25-20/h3,6-8,15-16H,1-2,4-5,9-14H2. The lowest BCUT2D eigenvalue weighted by atomic mass is 9.90. The van der Waals surface area contributed by atoms with Crippen molar-refractivity contribution in [1.29, 1.82) is 0 Å². The van der Waals surface area contributed by atoms with Gasteiger partial charge in [-0.25, -0.2) is 0 Å². The number of benzene rings is 1. The maximum atomic E-state index is 12.8. The Kier molecular flexibility index (Phi) is 5.18. The van der Waals surface area contributed by atoms with E-state index in [0.717, 1.165) is 51.1 Å². The molecule has 3 nitrogen and oxygen atoms in total. The Morgan fingerprint density at radius 2 is 1.80 bits per heavy atom. The van der Waals surface area contributed by atoms with Gasteiger partial charge in [-0.1, -0.05) is 12.1 Å². The summed E-state index contributed by atoms with van der Waals surface area (Å²) in [5.74, 6) is 0.214. The molecular formula is C21H26N2OS. The van der Waals surface area contributed by atoms with Gasteiger partial charge in [0.2, 0.25) is 0 Å². The van der Waals surface area contributed by atoms with Gasteiger partial charge in [0.05, 0.1) is 0 Å². The van der Waals surface area contributed by atoms with Crippen LogP contribution < -0.4 is 0 Å². The van der Waals surface area contributed by atoms with E-state index in [1.54, 1.807) is 0 Å². The summed E-state index contributed by atoms with van der Waals surface area (Å²) in [4.78, 5) is 18.8. The lowest BCUT2D eigenvalue weighted by Crippen LogP contribution is -2.49. The van der Waals surface area contributed by atoms with Gasteiger partial charge in [-0.05, 0) is 66.8 Å². The molecule has 1 aliphatic carbocycles. The largest absolute Gasteiger partial charge is 0.336 e. The van der Waals surface area contributed by atoms with E-state index in [0.29, 0.717) is 0 Å². The highest BCUT2D eigenvalue weighted by atomic mass is 32.1. The fourth-order valence-electron chi connectivity index (χ4n) is 3.95. The van der Waals surface area contributed by atoms with Crippen molar-refractivity contribution in [3.8, 4) is 0 Å². The zero-order chi connectivity index (χ0) is 17.1. The van der Waals surface area contributed by atoms with Crippen molar-refractivity contribution >= 4 is 17.2 Å². The van der Waals surface area contributed by atoms with Crippen LogP contribution in [0.4, 0.5) is 0 Å². The van der Waals surface area contributed by atoms with Crippen LogP contribution in [0.25, 0.3) is 0 Å². The second-order valence-electron chi connectivity index (χ2n) is 7.15. The summed E-state index contributed by atoms with van der Waals surface area (Å²) in [7, 11) is 0. The zero-order valence-electron chi connectivity index (χ0n) is 14.7. The van der Waals surface area contributed by atoms with Crippen molar-refractivity contribution in [3.05, 3.63) is 57.3 Å². The van der Waals surface area contributed by atoms with Crippen molar-refractivity contribution in [3.63, 3.8) is 0 Å². The predicted octanol–water partition coefficient (Wildman–Crippen LogP) is 3.63. The van der Waals surface area contributed by atoms with E-state index in [9.17, 15) is 4.79 Å². The van der Waals surface area contributed by atoms with Crippen LogP contribution in [-0.4, -0.2) is 48.4 Å². The highest BCUT2D eigenvalue weighted by molar-refractivity contribution is 7.09. The minimum atomic E-state index is 0.214. The van der Waals surface area contributed by atoms with Crippen molar-refractivity contribution in [2.75, 3.05) is 32.7 Å². The van der Waals surface area contributed by atoms with Crippen LogP contribution in [0, 0.1) is 0 Å². The van der Waals surface area contributed by atoms with E-state index in [4.69, 9.17) is 0 Å². The fourth-order valence-corrected chi connectivity index (χ4v) is 4.64. The number of nitrogens with zero attached hydrogens (tertiary/aromatic N) is 2. The van der Waals surface area contributed by atoms with Crippen LogP contribution in [-0.2, 0) is 19.3 Å². The van der Waals surface area contributed by atoms with Crippen molar-refractivity contribution < 1.29 is 4.79 Å². The lowest BCUT2D eigenvalue weighted by molar-refractivity contribution is 0.0638. The molecule has 1 aromatic carbocycles. The molecule has 4 rings (SSSR count). The van der Waals surface area contributed by atoms with E-state index in [1.165, 1.54) is 35.3 Å². The molecule has 1 aromatic heterocycles. The van der Waals surface area contributed by atoms with Crippen molar-refractivity contribution in [2.45, 2.75) is 32.1 Å². The van der Waals surface area contributed by atoms with Crippen molar-refractivity contribution in [2.24, 2.45) is 0 Å². The Hall–Kier alpha value is -1.65. The van der Waals surface area contributed by atoms with Gasteiger partial charge in [0.15, 0.2) is 0 Å². The second kappa shape index (κ2) is 7.71. The van der Waals surface area contributed by atoms with Crippen LogP contribution in [0.5, 0.6) is 0 Å². The van der Waals surface area contributed by atoms with E-state index >= 15 is 0 Å². The van der Waals surface area contributed by atoms with Crippen LogP contribution in [0.3, 0.4) is 0 Å². The second-order valence-corrected chi connectivity index (χ2v) is 8.19. The van der Waals surface area contributed by atoms with Gasteiger partial charge in [-0.2, -0.15) is 0 Å². The zero-order valence-corrected chi connectivity index (χ0v) is 15.6. The predicted molar refractivity (Wildman–Crippen MR) is 103 cm³/mol. The quantitative estimate of drug-likeness (QED) is 0.837. The van der Waals surface area contributed by atoms with Gasteiger partial charge in [-0.3, -0.25) is 9.69 Å².